The summed E-state index contributed by atoms with van der Waals surface area (Å²) in [6.45, 7) is 1.61. The largest absolute Gasteiger partial charge is 0.478 e. The standard InChI is InChI=1S/C18H15Cl2N3O4S/c1-2-3-13-22-16-15(12(8-28-16)18(26)27)17(25)23(13)7-14(24)21-11-5-9(19)4-10(20)6-11/h4-6,8H,2-3,7H2,1H3,(H,21,24)(H,26,27). The molecule has 0 spiro atoms. The summed E-state index contributed by atoms with van der Waals surface area (Å²) in [6.07, 6.45) is 1.18. The van der Waals surface area contributed by atoms with Crippen LogP contribution in [0.3, 0.4) is 0 Å². The molecule has 3 aromatic rings. The number of hydrogen-bond acceptors (Lipinski definition) is 5. The molecule has 0 aliphatic rings. The number of amides is 1. The van der Waals surface area contributed by atoms with Crippen molar-refractivity contribution in [2.24, 2.45) is 0 Å². The number of hydrogen-bond donors (Lipinski definition) is 2. The van der Waals surface area contributed by atoms with Gasteiger partial charge in [-0.1, -0.05) is 30.1 Å². The van der Waals surface area contributed by atoms with E-state index in [1.807, 2.05) is 6.92 Å². The maximum absolute atomic E-state index is 13.0. The lowest BCUT2D eigenvalue weighted by Gasteiger charge is -2.12. The molecule has 0 saturated carbocycles. The third-order valence-electron chi connectivity index (χ3n) is 3.92. The number of carboxylic acids is 1. The van der Waals surface area contributed by atoms with Gasteiger partial charge in [-0.2, -0.15) is 0 Å². The summed E-state index contributed by atoms with van der Waals surface area (Å²) in [7, 11) is 0. The molecule has 0 aliphatic carbocycles. The number of nitrogens with zero attached hydrogens (tertiary/aromatic N) is 2. The number of aromatic nitrogens is 2. The second-order valence-electron chi connectivity index (χ2n) is 6.01. The Kier molecular flexibility index (Phi) is 6.02. The molecule has 2 aromatic heterocycles. The Labute approximate surface area is 173 Å². The number of thiophene rings is 1. The van der Waals surface area contributed by atoms with Crippen LogP contribution in [0.25, 0.3) is 10.2 Å². The fraction of sp³-hybridized carbons (Fsp3) is 0.222. The van der Waals surface area contributed by atoms with Crippen LogP contribution in [0.15, 0.2) is 28.4 Å². The predicted octanol–water partition coefficient (Wildman–Crippen LogP) is 4.05. The molecule has 0 aliphatic heterocycles. The van der Waals surface area contributed by atoms with Crippen molar-refractivity contribution in [1.29, 1.82) is 0 Å². The number of carbonyl (C=O) groups is 2. The van der Waals surface area contributed by atoms with E-state index in [9.17, 15) is 19.5 Å². The van der Waals surface area contributed by atoms with E-state index in [-0.39, 0.29) is 17.5 Å². The molecular formula is C18H15Cl2N3O4S. The third kappa shape index (κ3) is 4.19. The average molecular weight is 440 g/mol. The first kappa shape index (κ1) is 20.3. The van der Waals surface area contributed by atoms with Crippen LogP contribution in [0, 0.1) is 0 Å². The Balaban J connectivity index is 2.00. The molecule has 0 unspecified atom stereocenters. The second kappa shape index (κ2) is 8.30. The highest BCUT2D eigenvalue weighted by molar-refractivity contribution is 7.17. The summed E-state index contributed by atoms with van der Waals surface area (Å²) in [5, 5.41) is 14.1. The highest BCUT2D eigenvalue weighted by Crippen LogP contribution is 2.23. The van der Waals surface area contributed by atoms with Gasteiger partial charge < -0.3 is 10.4 Å². The molecule has 0 fully saturated rings. The van der Waals surface area contributed by atoms with Crippen molar-refractivity contribution in [2.75, 3.05) is 5.32 Å². The molecule has 0 radical (unpaired) electrons. The Hall–Kier alpha value is -2.42. The van der Waals surface area contributed by atoms with Crippen LogP contribution in [0.4, 0.5) is 5.69 Å². The number of fused-ring (bicyclic) bond motifs is 1. The van der Waals surface area contributed by atoms with E-state index in [2.05, 4.69) is 10.3 Å². The third-order valence-corrected chi connectivity index (χ3v) is 5.23. The summed E-state index contributed by atoms with van der Waals surface area (Å²) in [6, 6.07) is 4.60. The molecule has 146 valence electrons. The maximum atomic E-state index is 13.0. The molecule has 10 heteroatoms. The zero-order valence-corrected chi connectivity index (χ0v) is 17.0. The van der Waals surface area contributed by atoms with Crippen molar-refractivity contribution in [3.63, 3.8) is 0 Å². The number of carboxylic acid groups (broad SMARTS) is 1. The number of aromatic carboxylic acids is 1. The molecule has 28 heavy (non-hydrogen) atoms. The van der Waals surface area contributed by atoms with Crippen LogP contribution in [0.2, 0.25) is 10.0 Å². The van der Waals surface area contributed by atoms with Crippen LogP contribution in [-0.4, -0.2) is 26.5 Å². The van der Waals surface area contributed by atoms with E-state index in [4.69, 9.17) is 23.2 Å². The van der Waals surface area contributed by atoms with Crippen LogP contribution < -0.4 is 10.9 Å². The van der Waals surface area contributed by atoms with Gasteiger partial charge in [0.25, 0.3) is 5.56 Å². The monoisotopic (exact) mass is 439 g/mol. The lowest BCUT2D eigenvalue weighted by Crippen LogP contribution is -2.31. The van der Waals surface area contributed by atoms with E-state index in [1.54, 1.807) is 0 Å². The Morgan fingerprint density at radius 2 is 1.93 bits per heavy atom. The van der Waals surface area contributed by atoms with Gasteiger partial charge in [0.2, 0.25) is 5.91 Å². The minimum absolute atomic E-state index is 0.0101. The van der Waals surface area contributed by atoms with Gasteiger partial charge in [-0.25, -0.2) is 9.78 Å². The fourth-order valence-electron chi connectivity index (χ4n) is 2.77. The van der Waals surface area contributed by atoms with E-state index < -0.39 is 17.4 Å². The zero-order chi connectivity index (χ0) is 20.4. The molecule has 2 N–H and O–H groups in total. The van der Waals surface area contributed by atoms with Gasteiger partial charge in [-0.05, 0) is 24.6 Å². The number of benzene rings is 1. The first-order chi connectivity index (χ1) is 13.3. The normalized spacial score (nSPS) is 11.0. The Morgan fingerprint density at radius 3 is 2.54 bits per heavy atom. The molecule has 1 amide bonds. The second-order valence-corrected chi connectivity index (χ2v) is 7.74. The van der Waals surface area contributed by atoms with Crippen molar-refractivity contribution in [2.45, 2.75) is 26.3 Å². The number of halogens is 2. The van der Waals surface area contributed by atoms with Gasteiger partial charge in [-0.15, -0.1) is 11.3 Å². The van der Waals surface area contributed by atoms with Crippen LogP contribution >= 0.6 is 34.5 Å². The van der Waals surface area contributed by atoms with Crippen molar-refractivity contribution >= 4 is 62.3 Å². The Morgan fingerprint density at radius 1 is 1.25 bits per heavy atom. The Bertz CT molecular complexity index is 1120. The van der Waals surface area contributed by atoms with Gasteiger partial charge in [0, 0.05) is 27.5 Å². The number of nitrogens with one attached hydrogen (secondary N) is 1. The topological polar surface area (TPSA) is 101 Å². The van der Waals surface area contributed by atoms with Crippen LogP contribution in [-0.2, 0) is 17.8 Å². The average Bonchev–Trinajstić information content (AvgIpc) is 3.02. The van der Waals surface area contributed by atoms with E-state index in [1.165, 1.54) is 28.1 Å². The molecule has 3 rings (SSSR count). The van der Waals surface area contributed by atoms with E-state index >= 15 is 0 Å². The smallest absolute Gasteiger partial charge is 0.337 e. The number of rotatable bonds is 6. The lowest BCUT2D eigenvalue weighted by molar-refractivity contribution is -0.116. The molecule has 0 saturated heterocycles. The van der Waals surface area contributed by atoms with Crippen LogP contribution in [0.5, 0.6) is 0 Å². The first-order valence-electron chi connectivity index (χ1n) is 8.30. The number of aryl methyl sites for hydroxylation is 1. The summed E-state index contributed by atoms with van der Waals surface area (Å²) in [5.74, 6) is -1.26. The molecule has 2 heterocycles. The van der Waals surface area contributed by atoms with Crippen molar-refractivity contribution in [1.82, 2.24) is 9.55 Å². The minimum atomic E-state index is -1.21. The van der Waals surface area contributed by atoms with Crippen molar-refractivity contribution in [3.05, 3.63) is 55.4 Å². The van der Waals surface area contributed by atoms with Gasteiger partial charge in [0.1, 0.15) is 17.2 Å². The number of carbonyl (C=O) groups excluding carboxylic acids is 1. The fourth-order valence-corrected chi connectivity index (χ4v) is 4.22. The van der Waals surface area contributed by atoms with Gasteiger partial charge >= 0.3 is 5.97 Å². The maximum Gasteiger partial charge on any atom is 0.337 e. The SMILES string of the molecule is CCCc1nc2scc(C(=O)O)c2c(=O)n1CC(=O)Nc1cc(Cl)cc(Cl)c1. The molecule has 0 bridgehead atoms. The summed E-state index contributed by atoms with van der Waals surface area (Å²) in [4.78, 5) is 41.6. The number of anilines is 1. The predicted molar refractivity (Wildman–Crippen MR) is 110 cm³/mol. The summed E-state index contributed by atoms with van der Waals surface area (Å²) >= 11 is 13.0. The highest BCUT2D eigenvalue weighted by Gasteiger charge is 2.20. The van der Waals surface area contributed by atoms with Crippen molar-refractivity contribution < 1.29 is 14.7 Å². The zero-order valence-electron chi connectivity index (χ0n) is 14.7. The van der Waals surface area contributed by atoms with Gasteiger partial charge in [0.15, 0.2) is 0 Å². The van der Waals surface area contributed by atoms with Gasteiger partial charge in [-0.3, -0.25) is 14.2 Å². The molecule has 1 aromatic carbocycles. The minimum Gasteiger partial charge on any atom is -0.478 e. The lowest BCUT2D eigenvalue weighted by atomic mass is 10.2. The molecule has 0 atom stereocenters. The quantitative estimate of drug-likeness (QED) is 0.602. The van der Waals surface area contributed by atoms with E-state index in [0.717, 1.165) is 11.3 Å². The summed E-state index contributed by atoms with van der Waals surface area (Å²) in [5.41, 5.74) is -0.272. The van der Waals surface area contributed by atoms with Gasteiger partial charge in [0.05, 0.1) is 10.9 Å². The molecule has 7 nitrogen and oxygen atoms in total. The van der Waals surface area contributed by atoms with Crippen molar-refractivity contribution in [3.8, 4) is 0 Å². The van der Waals surface area contributed by atoms with E-state index in [0.29, 0.717) is 39.2 Å². The first-order valence-corrected chi connectivity index (χ1v) is 9.93. The summed E-state index contributed by atoms with van der Waals surface area (Å²) < 4.78 is 1.21. The highest BCUT2D eigenvalue weighted by atomic mass is 35.5. The molecular weight excluding hydrogens is 425 g/mol. The van der Waals surface area contributed by atoms with Crippen LogP contribution in [0.1, 0.15) is 29.5 Å².